The molecule has 0 aromatic carbocycles. The zero-order chi connectivity index (χ0) is 9.14. The van der Waals surface area contributed by atoms with Crippen LogP contribution in [0.4, 0.5) is 0 Å². The molecule has 0 aliphatic carbocycles. The molecule has 0 saturated heterocycles. The number of hydrogen-bond donors (Lipinski definition) is 0. The molecular weight excluding hydrogens is 174 g/mol. The molecule has 0 aliphatic rings. The second-order valence-electron chi connectivity index (χ2n) is 2.81. The lowest BCUT2D eigenvalue weighted by Crippen LogP contribution is -2.05. The first-order chi connectivity index (χ1) is 5.63. The number of hydrogen-bond acceptors (Lipinski definition) is 2. The van der Waals surface area contributed by atoms with Crippen molar-refractivity contribution in [2.75, 3.05) is 0 Å². The van der Waals surface area contributed by atoms with E-state index in [-0.39, 0.29) is 5.92 Å². The van der Waals surface area contributed by atoms with E-state index in [4.69, 9.17) is 16.9 Å². The summed E-state index contributed by atoms with van der Waals surface area (Å²) in [5.74, 6) is -0.0274. The summed E-state index contributed by atoms with van der Waals surface area (Å²) in [6.07, 6.45) is 1.74. The SMILES string of the molecule is Cc1nn(CC(C)C#N)cc1Cl. The van der Waals surface area contributed by atoms with Gasteiger partial charge in [-0.15, -0.1) is 0 Å². The van der Waals surface area contributed by atoms with Gasteiger partial charge < -0.3 is 0 Å². The first-order valence-electron chi connectivity index (χ1n) is 3.72. The fraction of sp³-hybridized carbons (Fsp3) is 0.500. The summed E-state index contributed by atoms with van der Waals surface area (Å²) >= 11 is 5.79. The van der Waals surface area contributed by atoms with Gasteiger partial charge in [0.15, 0.2) is 0 Å². The zero-order valence-corrected chi connectivity index (χ0v) is 7.84. The Labute approximate surface area is 76.6 Å². The summed E-state index contributed by atoms with van der Waals surface area (Å²) in [5.41, 5.74) is 0.807. The topological polar surface area (TPSA) is 41.6 Å². The van der Waals surface area contributed by atoms with Crippen molar-refractivity contribution in [3.8, 4) is 6.07 Å². The van der Waals surface area contributed by atoms with Crippen molar-refractivity contribution in [3.05, 3.63) is 16.9 Å². The Balaban J connectivity index is 2.72. The van der Waals surface area contributed by atoms with Crippen LogP contribution in [0.25, 0.3) is 0 Å². The standard InChI is InChI=1S/C8H10ClN3/c1-6(3-10)4-12-5-8(9)7(2)11-12/h5-6H,4H2,1-2H3. The van der Waals surface area contributed by atoms with Crippen molar-refractivity contribution in [1.29, 1.82) is 5.26 Å². The van der Waals surface area contributed by atoms with Gasteiger partial charge >= 0.3 is 0 Å². The molecule has 0 bridgehead atoms. The molecule has 1 unspecified atom stereocenters. The van der Waals surface area contributed by atoms with Crippen molar-refractivity contribution >= 4 is 11.6 Å². The minimum Gasteiger partial charge on any atom is -0.270 e. The summed E-state index contributed by atoms with van der Waals surface area (Å²) in [7, 11) is 0. The van der Waals surface area contributed by atoms with E-state index in [0.29, 0.717) is 11.6 Å². The Morgan fingerprint density at radius 3 is 2.92 bits per heavy atom. The molecule has 64 valence electrons. The first kappa shape index (κ1) is 9.08. The first-order valence-corrected chi connectivity index (χ1v) is 4.10. The predicted molar refractivity (Wildman–Crippen MR) is 46.8 cm³/mol. The van der Waals surface area contributed by atoms with E-state index in [1.54, 1.807) is 10.9 Å². The second kappa shape index (κ2) is 3.59. The molecule has 1 aromatic rings. The molecule has 0 N–H and O–H groups in total. The van der Waals surface area contributed by atoms with Crippen molar-refractivity contribution in [1.82, 2.24) is 9.78 Å². The van der Waals surface area contributed by atoms with Crippen LogP contribution in [-0.4, -0.2) is 9.78 Å². The normalized spacial score (nSPS) is 12.5. The molecule has 1 atom stereocenters. The number of nitriles is 1. The Hall–Kier alpha value is -1.01. The van der Waals surface area contributed by atoms with Crippen molar-refractivity contribution in [2.24, 2.45) is 5.92 Å². The molecular formula is C8H10ClN3. The highest BCUT2D eigenvalue weighted by Gasteiger charge is 2.04. The molecule has 0 radical (unpaired) electrons. The zero-order valence-electron chi connectivity index (χ0n) is 7.08. The van der Waals surface area contributed by atoms with Crippen molar-refractivity contribution in [3.63, 3.8) is 0 Å². The molecule has 0 saturated carbocycles. The van der Waals surface area contributed by atoms with Gasteiger partial charge in [0.2, 0.25) is 0 Å². The highest BCUT2D eigenvalue weighted by molar-refractivity contribution is 6.31. The lowest BCUT2D eigenvalue weighted by atomic mass is 10.2. The minimum absolute atomic E-state index is 0.0274. The van der Waals surface area contributed by atoms with E-state index >= 15 is 0 Å². The molecule has 0 aliphatic heterocycles. The van der Waals surface area contributed by atoms with Gasteiger partial charge in [-0.05, 0) is 13.8 Å². The summed E-state index contributed by atoms with van der Waals surface area (Å²) in [6.45, 7) is 4.30. The molecule has 1 heterocycles. The Bertz CT molecular complexity index is 291. The number of halogens is 1. The minimum atomic E-state index is -0.0274. The molecule has 4 heteroatoms. The smallest absolute Gasteiger partial charge is 0.0814 e. The Morgan fingerprint density at radius 2 is 2.50 bits per heavy atom. The maximum atomic E-state index is 8.55. The lowest BCUT2D eigenvalue weighted by Gasteiger charge is -2.00. The Morgan fingerprint density at radius 1 is 1.83 bits per heavy atom. The van der Waals surface area contributed by atoms with Gasteiger partial charge in [0.25, 0.3) is 0 Å². The summed E-state index contributed by atoms with van der Waals surface area (Å²) in [5, 5.41) is 13.3. The molecule has 1 aromatic heterocycles. The summed E-state index contributed by atoms with van der Waals surface area (Å²) in [4.78, 5) is 0. The number of nitrogens with zero attached hydrogens (tertiary/aromatic N) is 3. The third-order valence-corrected chi connectivity index (χ3v) is 1.94. The van der Waals surface area contributed by atoms with E-state index in [0.717, 1.165) is 5.69 Å². The largest absolute Gasteiger partial charge is 0.270 e. The number of rotatable bonds is 2. The van der Waals surface area contributed by atoms with Crippen LogP contribution in [-0.2, 0) is 6.54 Å². The van der Waals surface area contributed by atoms with Gasteiger partial charge in [-0.1, -0.05) is 11.6 Å². The lowest BCUT2D eigenvalue weighted by molar-refractivity contribution is 0.526. The van der Waals surface area contributed by atoms with Gasteiger partial charge in [0, 0.05) is 6.20 Å². The second-order valence-corrected chi connectivity index (χ2v) is 3.22. The average Bonchev–Trinajstić information content (AvgIpc) is 2.31. The van der Waals surface area contributed by atoms with Crippen LogP contribution in [0, 0.1) is 24.2 Å². The van der Waals surface area contributed by atoms with Crippen LogP contribution in [0.5, 0.6) is 0 Å². The highest BCUT2D eigenvalue weighted by atomic mass is 35.5. The highest BCUT2D eigenvalue weighted by Crippen LogP contribution is 2.12. The van der Waals surface area contributed by atoms with E-state index < -0.39 is 0 Å². The third-order valence-electron chi connectivity index (χ3n) is 1.57. The Kier molecular flexibility index (Phi) is 2.72. The maximum Gasteiger partial charge on any atom is 0.0814 e. The molecule has 3 nitrogen and oxygen atoms in total. The van der Waals surface area contributed by atoms with E-state index in [1.807, 2.05) is 13.8 Å². The van der Waals surface area contributed by atoms with E-state index in [2.05, 4.69) is 11.2 Å². The van der Waals surface area contributed by atoms with Crippen molar-refractivity contribution < 1.29 is 0 Å². The fourth-order valence-electron chi connectivity index (χ4n) is 0.908. The maximum absolute atomic E-state index is 8.55. The number of aryl methyl sites for hydroxylation is 1. The van der Waals surface area contributed by atoms with Crippen LogP contribution < -0.4 is 0 Å². The van der Waals surface area contributed by atoms with Crippen LogP contribution in [0.2, 0.25) is 5.02 Å². The summed E-state index contributed by atoms with van der Waals surface area (Å²) in [6, 6.07) is 2.14. The van der Waals surface area contributed by atoms with E-state index in [1.165, 1.54) is 0 Å². The summed E-state index contributed by atoms with van der Waals surface area (Å²) < 4.78 is 1.70. The average molecular weight is 184 g/mol. The van der Waals surface area contributed by atoms with Gasteiger partial charge in [-0.2, -0.15) is 10.4 Å². The molecule has 0 amide bonds. The van der Waals surface area contributed by atoms with Gasteiger partial charge in [0.05, 0.1) is 29.2 Å². The predicted octanol–water partition coefficient (Wildman–Crippen LogP) is 2.00. The van der Waals surface area contributed by atoms with Gasteiger partial charge in [-0.25, -0.2) is 0 Å². The molecule has 12 heavy (non-hydrogen) atoms. The van der Waals surface area contributed by atoms with Crippen LogP contribution in [0.1, 0.15) is 12.6 Å². The number of aromatic nitrogens is 2. The fourth-order valence-corrected chi connectivity index (χ4v) is 1.06. The monoisotopic (exact) mass is 183 g/mol. The van der Waals surface area contributed by atoms with E-state index in [9.17, 15) is 0 Å². The molecule has 0 fully saturated rings. The van der Waals surface area contributed by atoms with Gasteiger partial charge in [-0.3, -0.25) is 4.68 Å². The van der Waals surface area contributed by atoms with Gasteiger partial charge in [0.1, 0.15) is 0 Å². The van der Waals surface area contributed by atoms with Crippen LogP contribution >= 0.6 is 11.6 Å². The van der Waals surface area contributed by atoms with Crippen LogP contribution in [0.3, 0.4) is 0 Å². The third kappa shape index (κ3) is 1.99. The van der Waals surface area contributed by atoms with Crippen LogP contribution in [0.15, 0.2) is 6.20 Å². The molecule has 0 spiro atoms. The quantitative estimate of drug-likeness (QED) is 0.704. The molecule has 1 rings (SSSR count). The van der Waals surface area contributed by atoms with Crippen molar-refractivity contribution in [2.45, 2.75) is 20.4 Å².